The summed E-state index contributed by atoms with van der Waals surface area (Å²) in [4.78, 5) is 14.7. The highest BCUT2D eigenvalue weighted by Crippen LogP contribution is 2.35. The van der Waals surface area contributed by atoms with Crippen LogP contribution in [0.15, 0.2) is 47.4 Å². The predicted octanol–water partition coefficient (Wildman–Crippen LogP) is 2.13. The number of aryl methyl sites for hydroxylation is 1. The zero-order valence-corrected chi connectivity index (χ0v) is 16.2. The quantitative estimate of drug-likeness (QED) is 0.811. The normalized spacial score (nSPS) is 20.1. The van der Waals surface area contributed by atoms with Gasteiger partial charge in [-0.2, -0.15) is 4.31 Å². The Kier molecular flexibility index (Phi) is 4.44. The molecule has 1 fully saturated rings. The molecule has 0 bridgehead atoms. The molecule has 0 unspecified atom stereocenters. The highest BCUT2D eigenvalue weighted by atomic mass is 32.2. The van der Waals surface area contributed by atoms with Gasteiger partial charge in [0.15, 0.2) is 0 Å². The first-order valence-corrected chi connectivity index (χ1v) is 10.4. The van der Waals surface area contributed by atoms with Crippen LogP contribution < -0.4 is 4.74 Å². The zero-order valence-electron chi connectivity index (χ0n) is 15.4. The zero-order chi connectivity index (χ0) is 19.2. The summed E-state index contributed by atoms with van der Waals surface area (Å²) in [6.45, 7) is 2.53. The van der Waals surface area contributed by atoms with Gasteiger partial charge in [-0.15, -0.1) is 0 Å². The maximum atomic E-state index is 13.3. The molecule has 1 amide bonds. The van der Waals surface area contributed by atoms with E-state index in [4.69, 9.17) is 4.74 Å². The van der Waals surface area contributed by atoms with E-state index in [0.717, 1.165) is 12.0 Å². The number of nitrogens with zero attached hydrogens (tertiary/aromatic N) is 2. The van der Waals surface area contributed by atoms with Crippen molar-refractivity contribution in [2.75, 3.05) is 26.7 Å². The lowest BCUT2D eigenvalue weighted by Gasteiger charge is -2.44. The molecular formula is C20H22N2O4S. The summed E-state index contributed by atoms with van der Waals surface area (Å²) in [5.74, 6) is 0.462. The lowest BCUT2D eigenvalue weighted by atomic mass is 9.91. The third-order valence-electron chi connectivity index (χ3n) is 5.42. The standard InChI is InChI=1S/C20H22N2O4S/c1-14-11-16(26-2)7-8-19(14)27(24,25)21-12-18-17-6-4-3-5-15(17)9-10-22(18)20(23)13-21/h3-8,11,18H,9-10,12-13H2,1-2H3/t18-/m1/s1. The maximum absolute atomic E-state index is 13.3. The minimum atomic E-state index is -3.77. The minimum absolute atomic E-state index is 0.119. The Bertz CT molecular complexity index is 1000. The van der Waals surface area contributed by atoms with E-state index in [1.165, 1.54) is 9.87 Å². The third-order valence-corrected chi connectivity index (χ3v) is 7.39. The van der Waals surface area contributed by atoms with E-state index < -0.39 is 10.0 Å². The summed E-state index contributed by atoms with van der Waals surface area (Å²) in [5, 5.41) is 0. The number of piperazine rings is 1. The second-order valence-electron chi connectivity index (χ2n) is 6.98. The molecule has 142 valence electrons. The van der Waals surface area contributed by atoms with Gasteiger partial charge < -0.3 is 9.64 Å². The van der Waals surface area contributed by atoms with Crippen LogP contribution in [0.5, 0.6) is 5.75 Å². The first-order chi connectivity index (χ1) is 12.9. The van der Waals surface area contributed by atoms with E-state index in [2.05, 4.69) is 6.07 Å². The number of rotatable bonds is 3. The van der Waals surface area contributed by atoms with Crippen LogP contribution >= 0.6 is 0 Å². The Balaban J connectivity index is 1.70. The van der Waals surface area contributed by atoms with Crippen molar-refractivity contribution in [1.29, 1.82) is 0 Å². The SMILES string of the molecule is COc1ccc(S(=O)(=O)N2CC(=O)N3CCc4ccccc4[C@H]3C2)c(C)c1. The van der Waals surface area contributed by atoms with E-state index in [1.807, 2.05) is 23.1 Å². The second-order valence-corrected chi connectivity index (χ2v) is 8.89. The number of sulfonamides is 1. The van der Waals surface area contributed by atoms with Crippen LogP contribution in [0.25, 0.3) is 0 Å². The number of fused-ring (bicyclic) bond motifs is 3. The molecule has 0 spiro atoms. The highest BCUT2D eigenvalue weighted by molar-refractivity contribution is 7.89. The van der Waals surface area contributed by atoms with Crippen LogP contribution in [0, 0.1) is 6.92 Å². The monoisotopic (exact) mass is 386 g/mol. The molecule has 2 aliphatic heterocycles. The summed E-state index contributed by atoms with van der Waals surface area (Å²) in [5.41, 5.74) is 2.84. The van der Waals surface area contributed by atoms with Gasteiger partial charge in [0.2, 0.25) is 15.9 Å². The average molecular weight is 386 g/mol. The largest absolute Gasteiger partial charge is 0.497 e. The van der Waals surface area contributed by atoms with E-state index in [1.54, 1.807) is 32.2 Å². The van der Waals surface area contributed by atoms with Crippen molar-refractivity contribution in [3.63, 3.8) is 0 Å². The number of ether oxygens (including phenoxy) is 1. The summed E-state index contributed by atoms with van der Waals surface area (Å²) >= 11 is 0. The number of hydrogen-bond acceptors (Lipinski definition) is 4. The van der Waals surface area contributed by atoms with E-state index >= 15 is 0 Å². The van der Waals surface area contributed by atoms with Crippen molar-refractivity contribution in [2.45, 2.75) is 24.3 Å². The van der Waals surface area contributed by atoms with Crippen LogP contribution in [-0.4, -0.2) is 50.3 Å². The molecule has 2 aromatic carbocycles. The van der Waals surface area contributed by atoms with Gasteiger partial charge in [-0.05, 0) is 48.2 Å². The van der Waals surface area contributed by atoms with Crippen LogP contribution in [0.1, 0.15) is 22.7 Å². The molecule has 0 aromatic heterocycles. The lowest BCUT2D eigenvalue weighted by Crippen LogP contribution is -2.55. The van der Waals surface area contributed by atoms with Gasteiger partial charge >= 0.3 is 0 Å². The second kappa shape index (κ2) is 6.65. The molecule has 1 saturated heterocycles. The first-order valence-electron chi connectivity index (χ1n) is 8.94. The molecular weight excluding hydrogens is 364 g/mol. The van der Waals surface area contributed by atoms with Crippen molar-refractivity contribution in [3.8, 4) is 5.75 Å². The molecule has 0 saturated carbocycles. The summed E-state index contributed by atoms with van der Waals surface area (Å²) in [6, 6.07) is 12.6. The van der Waals surface area contributed by atoms with Gasteiger partial charge in [-0.3, -0.25) is 4.79 Å². The molecule has 2 heterocycles. The van der Waals surface area contributed by atoms with Gasteiger partial charge in [0.1, 0.15) is 5.75 Å². The Labute approximate surface area is 159 Å². The fourth-order valence-corrected chi connectivity index (χ4v) is 5.61. The van der Waals surface area contributed by atoms with Crippen LogP contribution in [0.4, 0.5) is 0 Å². The summed E-state index contributed by atoms with van der Waals surface area (Å²) in [6.07, 6.45) is 0.808. The van der Waals surface area contributed by atoms with Crippen molar-refractivity contribution < 1.29 is 17.9 Å². The molecule has 1 atom stereocenters. The number of carbonyl (C=O) groups is 1. The molecule has 4 rings (SSSR count). The predicted molar refractivity (Wildman–Crippen MR) is 101 cm³/mol. The molecule has 2 aliphatic rings. The molecule has 0 radical (unpaired) electrons. The Morgan fingerprint density at radius 3 is 2.67 bits per heavy atom. The molecule has 7 heteroatoms. The van der Waals surface area contributed by atoms with Gasteiger partial charge in [0.05, 0.1) is 24.6 Å². The smallest absolute Gasteiger partial charge is 0.243 e. The van der Waals surface area contributed by atoms with E-state index in [-0.39, 0.29) is 29.9 Å². The fraction of sp³-hybridized carbons (Fsp3) is 0.350. The van der Waals surface area contributed by atoms with Crippen LogP contribution in [0.3, 0.4) is 0 Å². The van der Waals surface area contributed by atoms with E-state index in [9.17, 15) is 13.2 Å². The van der Waals surface area contributed by atoms with Crippen LogP contribution in [-0.2, 0) is 21.2 Å². The van der Waals surface area contributed by atoms with Gasteiger partial charge in [0, 0.05) is 13.1 Å². The molecule has 0 aliphatic carbocycles. The minimum Gasteiger partial charge on any atom is -0.497 e. The highest BCUT2D eigenvalue weighted by Gasteiger charge is 2.41. The van der Waals surface area contributed by atoms with Crippen molar-refractivity contribution in [3.05, 3.63) is 59.2 Å². The van der Waals surface area contributed by atoms with Crippen molar-refractivity contribution >= 4 is 15.9 Å². The topological polar surface area (TPSA) is 66.9 Å². The molecule has 27 heavy (non-hydrogen) atoms. The summed E-state index contributed by atoms with van der Waals surface area (Å²) in [7, 11) is -2.23. The summed E-state index contributed by atoms with van der Waals surface area (Å²) < 4.78 is 33.0. The fourth-order valence-electron chi connectivity index (χ4n) is 4.01. The van der Waals surface area contributed by atoms with Gasteiger partial charge in [0.25, 0.3) is 0 Å². The lowest BCUT2D eigenvalue weighted by molar-refractivity contribution is -0.138. The molecule has 2 aromatic rings. The van der Waals surface area contributed by atoms with Crippen LogP contribution in [0.2, 0.25) is 0 Å². The number of amides is 1. The Morgan fingerprint density at radius 1 is 1.15 bits per heavy atom. The first kappa shape index (κ1) is 18.0. The molecule has 0 N–H and O–H groups in total. The van der Waals surface area contributed by atoms with Crippen molar-refractivity contribution in [2.24, 2.45) is 0 Å². The average Bonchev–Trinajstić information content (AvgIpc) is 2.67. The maximum Gasteiger partial charge on any atom is 0.243 e. The Hall–Kier alpha value is -2.38. The Morgan fingerprint density at radius 2 is 1.93 bits per heavy atom. The number of hydrogen-bond donors (Lipinski definition) is 0. The third kappa shape index (κ3) is 3.00. The molecule has 6 nitrogen and oxygen atoms in total. The van der Waals surface area contributed by atoms with E-state index in [0.29, 0.717) is 17.9 Å². The number of benzene rings is 2. The number of methoxy groups -OCH3 is 1. The number of carbonyl (C=O) groups excluding carboxylic acids is 1. The van der Waals surface area contributed by atoms with Crippen molar-refractivity contribution in [1.82, 2.24) is 9.21 Å². The van der Waals surface area contributed by atoms with Gasteiger partial charge in [-0.1, -0.05) is 24.3 Å². The van der Waals surface area contributed by atoms with Gasteiger partial charge in [-0.25, -0.2) is 8.42 Å².